The van der Waals surface area contributed by atoms with Crippen molar-refractivity contribution in [3.05, 3.63) is 0 Å². The van der Waals surface area contributed by atoms with Gasteiger partial charge in [-0.15, -0.1) is 0 Å². The van der Waals surface area contributed by atoms with Crippen molar-refractivity contribution in [1.82, 2.24) is 0 Å². The Hall–Kier alpha value is -0.120. The minimum absolute atomic E-state index is 0.0489. The van der Waals surface area contributed by atoms with Gasteiger partial charge in [0.05, 0.1) is 17.8 Å². The van der Waals surface area contributed by atoms with Crippen molar-refractivity contribution >= 4 is 0 Å². The third-order valence-electron chi connectivity index (χ3n) is 4.41. The molecule has 15 heavy (non-hydrogen) atoms. The van der Waals surface area contributed by atoms with Crippen LogP contribution in [-0.2, 0) is 4.74 Å². The fourth-order valence-electron chi connectivity index (χ4n) is 3.85. The predicted octanol–water partition coefficient (Wildman–Crippen LogP) is 1.32. The lowest BCUT2D eigenvalue weighted by Gasteiger charge is -2.50. The second kappa shape index (κ2) is 2.76. The first-order chi connectivity index (χ1) is 7.73. The zero-order valence-corrected chi connectivity index (χ0v) is 10.2. The molecular formula is C12H22O3. The van der Waals surface area contributed by atoms with E-state index in [0.717, 1.165) is 6.42 Å². The van der Waals surface area contributed by atoms with Crippen LogP contribution in [0, 0.1) is 11.3 Å². The molecule has 0 spiro atoms. The Morgan fingerprint density at radius 2 is 2.13 bits per heavy atom. The average molecular weight is 218 g/mol. The van der Waals surface area contributed by atoms with Crippen LogP contribution in [0.5, 0.6) is 0 Å². The van der Waals surface area contributed by atoms with Gasteiger partial charge in [-0.2, -0.15) is 0 Å². The molecule has 0 amide bonds. The van der Waals surface area contributed by atoms with E-state index in [1.54, 1.807) is 0 Å². The van der Waals surface area contributed by atoms with Crippen LogP contribution >= 0.6 is 0 Å². The first-order valence-electron chi connectivity index (χ1n) is 6.49. The number of hydrogen-bond acceptors (Lipinski definition) is 3. The Bertz CT molecular complexity index is 319. The molecule has 1 saturated heterocycles. The maximum absolute atomic E-state index is 7.35. The summed E-state index contributed by atoms with van der Waals surface area (Å²) < 4.78 is 20.8. The van der Waals surface area contributed by atoms with Crippen molar-refractivity contribution < 1.29 is 15.0 Å². The van der Waals surface area contributed by atoms with E-state index in [9.17, 15) is 0 Å². The molecule has 4 unspecified atom stereocenters. The Labute approximate surface area is 94.4 Å². The zero-order chi connectivity index (χ0) is 13.1. The fraction of sp³-hybridized carbons (Fsp3) is 1.00. The molecule has 2 fully saturated rings. The van der Waals surface area contributed by atoms with Crippen molar-refractivity contribution in [3.63, 3.8) is 0 Å². The summed E-state index contributed by atoms with van der Waals surface area (Å²) in [5.41, 5.74) is -1.70. The molecule has 0 aromatic carbocycles. The molecule has 88 valence electrons. The van der Waals surface area contributed by atoms with Gasteiger partial charge in [-0.3, -0.25) is 0 Å². The largest absolute Gasteiger partial charge is 0.390 e. The van der Waals surface area contributed by atoms with Crippen LogP contribution in [-0.4, -0.2) is 36.5 Å². The molecule has 3 nitrogen and oxygen atoms in total. The minimum Gasteiger partial charge on any atom is -0.390 e. The molecular weight excluding hydrogens is 192 g/mol. The molecule has 1 aliphatic carbocycles. The summed E-state index contributed by atoms with van der Waals surface area (Å²) in [5, 5.41) is 9.88. The van der Waals surface area contributed by atoms with Gasteiger partial charge in [-0.05, 0) is 32.6 Å². The summed E-state index contributed by atoms with van der Waals surface area (Å²) in [6, 6.07) is 0. The lowest BCUT2D eigenvalue weighted by molar-refractivity contribution is -0.239. The summed E-state index contributed by atoms with van der Waals surface area (Å²) in [5.74, 6) is 0.205. The van der Waals surface area contributed by atoms with E-state index in [1.807, 2.05) is 20.8 Å². The van der Waals surface area contributed by atoms with Crippen LogP contribution in [0.2, 0.25) is 0 Å². The zero-order valence-electron chi connectivity index (χ0n) is 12.2. The van der Waals surface area contributed by atoms with Gasteiger partial charge in [-0.25, -0.2) is 0 Å². The highest BCUT2D eigenvalue weighted by atomic mass is 16.6. The van der Waals surface area contributed by atoms with E-state index in [4.69, 9.17) is 17.8 Å². The fourth-order valence-corrected chi connectivity index (χ4v) is 3.85. The molecule has 2 aliphatic rings. The van der Waals surface area contributed by atoms with E-state index in [2.05, 4.69) is 13.8 Å². The predicted molar refractivity (Wildman–Crippen MR) is 57.5 cm³/mol. The van der Waals surface area contributed by atoms with Crippen LogP contribution in [0.25, 0.3) is 0 Å². The minimum atomic E-state index is -0.804. The summed E-state index contributed by atoms with van der Waals surface area (Å²) in [6.07, 6.45) is 0.658. The standard InChI is InChI=1S/C12H22O3/c1-7-8-6-10(2,3)12(15-7,9(8)13)11(4,5)14/h7-9,13-14H,6H2,1-5H3/i13T,14T. The summed E-state index contributed by atoms with van der Waals surface area (Å²) >= 11 is 0. The van der Waals surface area contributed by atoms with Crippen molar-refractivity contribution in [3.8, 4) is 0 Å². The first-order valence-corrected chi connectivity index (χ1v) is 5.67. The van der Waals surface area contributed by atoms with Crippen LogP contribution in [0.3, 0.4) is 0 Å². The van der Waals surface area contributed by atoms with Crippen molar-refractivity contribution in [1.29, 1.82) is 2.86 Å². The van der Waals surface area contributed by atoms with E-state index in [-0.39, 0.29) is 23.5 Å². The third-order valence-corrected chi connectivity index (χ3v) is 4.41. The SMILES string of the molecule is [3H]OC1C2CC(C)(C)C1(C(C)(C)O[3H])OC2C. The molecule has 0 radical (unpaired) electrons. The van der Waals surface area contributed by atoms with Crippen molar-refractivity contribution in [2.24, 2.45) is 11.3 Å². The van der Waals surface area contributed by atoms with Gasteiger partial charge in [0, 0.05) is 5.92 Å². The normalized spacial score (nSPS) is 50.3. The molecule has 1 saturated carbocycles. The number of hydrogen-bond donors (Lipinski definition) is 2. The monoisotopic (exact) mass is 218 g/mol. The first kappa shape index (κ1) is 8.97. The molecule has 2 N–H and O–H groups in total. The Morgan fingerprint density at radius 1 is 1.47 bits per heavy atom. The molecule has 0 aromatic rings. The van der Waals surface area contributed by atoms with Gasteiger partial charge in [0.1, 0.15) is 5.60 Å². The topological polar surface area (TPSA) is 49.7 Å². The third kappa shape index (κ3) is 1.12. The highest BCUT2D eigenvalue weighted by Crippen LogP contribution is 2.62. The molecule has 0 aromatic heterocycles. The number of aliphatic hydroxyl groups is 2. The van der Waals surface area contributed by atoms with Gasteiger partial charge in [-0.1, -0.05) is 13.8 Å². The second-order valence-corrected chi connectivity index (χ2v) is 6.24. The van der Waals surface area contributed by atoms with Crippen LogP contribution < -0.4 is 0 Å². The van der Waals surface area contributed by atoms with Crippen LogP contribution in [0.4, 0.5) is 0 Å². The summed E-state index contributed by atoms with van der Waals surface area (Å²) in [6.45, 7) is 9.90. The number of aliphatic hydroxyl groups excluding tert-OH is 1. The highest BCUT2D eigenvalue weighted by Gasteiger charge is 2.72. The van der Waals surface area contributed by atoms with Gasteiger partial charge in [0.2, 0.25) is 2.86 Å². The van der Waals surface area contributed by atoms with Crippen LogP contribution in [0.15, 0.2) is 0 Å². The van der Waals surface area contributed by atoms with E-state index in [1.165, 1.54) is 0 Å². The maximum Gasteiger partial charge on any atom is 0.211 e. The van der Waals surface area contributed by atoms with Gasteiger partial charge in [0.15, 0.2) is 0 Å². The van der Waals surface area contributed by atoms with Crippen molar-refractivity contribution in [2.75, 3.05) is 0 Å². The number of rotatable bonds is 3. The molecule has 2 rings (SSSR count). The Morgan fingerprint density at radius 3 is 2.67 bits per heavy atom. The molecule has 4 atom stereocenters. The molecule has 2 bridgehead atoms. The van der Waals surface area contributed by atoms with Crippen LogP contribution in [0.1, 0.15) is 41.0 Å². The smallest absolute Gasteiger partial charge is 0.211 e. The quantitative estimate of drug-likeness (QED) is 0.751. The lowest BCUT2D eigenvalue weighted by atomic mass is 9.68. The van der Waals surface area contributed by atoms with Gasteiger partial charge in [0.25, 0.3) is 0 Å². The molecule has 1 heterocycles. The van der Waals surface area contributed by atoms with E-state index < -0.39 is 11.2 Å². The molecule has 3 heteroatoms. The molecule has 1 aliphatic heterocycles. The van der Waals surface area contributed by atoms with E-state index >= 15 is 0 Å². The van der Waals surface area contributed by atoms with E-state index in [0.29, 0.717) is 0 Å². The number of ether oxygens (including phenoxy) is 1. The van der Waals surface area contributed by atoms with Gasteiger partial charge < -0.3 is 15.0 Å². The summed E-state index contributed by atoms with van der Waals surface area (Å²) in [4.78, 5) is 0. The second-order valence-electron chi connectivity index (χ2n) is 6.24. The van der Waals surface area contributed by atoms with Gasteiger partial charge >= 0.3 is 0 Å². The van der Waals surface area contributed by atoms with Crippen molar-refractivity contribution in [2.45, 2.75) is 64.4 Å². The average Bonchev–Trinajstić information content (AvgIpc) is 2.64. The number of fused-ring (bicyclic) bond motifs is 2. The Kier molecular flexibility index (Phi) is 1.65. The maximum atomic E-state index is 7.35. The highest BCUT2D eigenvalue weighted by molar-refractivity contribution is 5.21. The Balaban J connectivity index is 2.52. The lowest BCUT2D eigenvalue weighted by Crippen LogP contribution is -2.62. The summed E-state index contributed by atoms with van der Waals surface area (Å²) in [7, 11) is 0.